The molecule has 2 aliphatic rings. The second-order valence-corrected chi connectivity index (χ2v) is 4.42. The molecule has 1 fully saturated rings. The van der Waals surface area contributed by atoms with Crippen LogP contribution in [0.2, 0.25) is 0 Å². The summed E-state index contributed by atoms with van der Waals surface area (Å²) in [7, 11) is 1.99. The number of nitrogens with one attached hydrogen (secondary N) is 1. The van der Waals surface area contributed by atoms with Gasteiger partial charge in [0.25, 0.3) is 0 Å². The van der Waals surface area contributed by atoms with Gasteiger partial charge >= 0.3 is 0 Å². The smallest absolute Gasteiger partial charge is 0.241 e. The molecule has 1 amide bonds. The summed E-state index contributed by atoms with van der Waals surface area (Å²) in [5, 5.41) is 3.11. The number of guanidine groups is 1. The molecule has 90 valence electrons. The molecule has 16 heavy (non-hydrogen) atoms. The van der Waals surface area contributed by atoms with Crippen molar-refractivity contribution in [3.05, 3.63) is 0 Å². The van der Waals surface area contributed by atoms with Crippen LogP contribution in [-0.2, 0) is 4.79 Å². The van der Waals surface area contributed by atoms with Crippen LogP contribution in [0.4, 0.5) is 0 Å². The number of carbonyl (C=O) groups is 1. The third-order valence-corrected chi connectivity index (χ3v) is 3.17. The van der Waals surface area contributed by atoms with Crippen molar-refractivity contribution in [3.8, 4) is 0 Å². The minimum atomic E-state index is 0.197. The predicted molar refractivity (Wildman–Crippen MR) is 63.4 cm³/mol. The molecular formula is C11H20N4O. The minimum Gasteiger partial charge on any atom is -0.347 e. The van der Waals surface area contributed by atoms with Crippen LogP contribution in [0.15, 0.2) is 4.99 Å². The highest BCUT2D eigenvalue weighted by molar-refractivity contribution is 5.87. The molecule has 0 bridgehead atoms. The van der Waals surface area contributed by atoms with E-state index in [1.165, 1.54) is 6.42 Å². The van der Waals surface area contributed by atoms with Gasteiger partial charge in [-0.05, 0) is 19.3 Å². The number of piperidine rings is 1. The number of aliphatic imine (C=N–C) groups is 1. The first-order chi connectivity index (χ1) is 7.77. The van der Waals surface area contributed by atoms with Crippen molar-refractivity contribution in [2.45, 2.75) is 19.3 Å². The van der Waals surface area contributed by atoms with Crippen LogP contribution >= 0.6 is 0 Å². The SMILES string of the molecule is CN1CCN=C1NCC(=O)N1CCCCC1. The summed E-state index contributed by atoms with van der Waals surface area (Å²) in [5.74, 6) is 1.05. The topological polar surface area (TPSA) is 47.9 Å². The third-order valence-electron chi connectivity index (χ3n) is 3.17. The summed E-state index contributed by atoms with van der Waals surface area (Å²) in [6.07, 6.45) is 3.55. The monoisotopic (exact) mass is 224 g/mol. The van der Waals surface area contributed by atoms with Gasteiger partial charge in [0.2, 0.25) is 5.91 Å². The van der Waals surface area contributed by atoms with Crippen LogP contribution in [0.3, 0.4) is 0 Å². The van der Waals surface area contributed by atoms with E-state index in [-0.39, 0.29) is 5.91 Å². The maximum absolute atomic E-state index is 11.9. The molecule has 2 aliphatic heterocycles. The maximum atomic E-state index is 11.9. The van der Waals surface area contributed by atoms with Crippen molar-refractivity contribution in [1.29, 1.82) is 0 Å². The van der Waals surface area contributed by atoms with Gasteiger partial charge < -0.3 is 15.1 Å². The normalized spacial score (nSPS) is 20.9. The first kappa shape index (κ1) is 11.2. The summed E-state index contributed by atoms with van der Waals surface area (Å²) < 4.78 is 0. The highest BCUT2D eigenvalue weighted by Crippen LogP contribution is 2.08. The number of likely N-dealkylation sites (tertiary alicyclic amines) is 1. The number of carbonyl (C=O) groups excluding carboxylic acids is 1. The number of rotatable bonds is 2. The first-order valence-corrected chi connectivity index (χ1v) is 6.04. The van der Waals surface area contributed by atoms with Crippen molar-refractivity contribution < 1.29 is 4.79 Å². The summed E-state index contributed by atoms with van der Waals surface area (Å²) >= 11 is 0. The Morgan fingerprint density at radius 3 is 2.69 bits per heavy atom. The van der Waals surface area contributed by atoms with Crippen LogP contribution in [0.1, 0.15) is 19.3 Å². The van der Waals surface area contributed by atoms with Crippen LogP contribution in [0.25, 0.3) is 0 Å². The number of amides is 1. The van der Waals surface area contributed by atoms with E-state index >= 15 is 0 Å². The van der Waals surface area contributed by atoms with E-state index in [0.717, 1.165) is 45.0 Å². The summed E-state index contributed by atoms with van der Waals surface area (Å²) in [4.78, 5) is 20.1. The molecule has 0 aromatic heterocycles. The zero-order chi connectivity index (χ0) is 11.4. The van der Waals surface area contributed by atoms with Crippen molar-refractivity contribution in [3.63, 3.8) is 0 Å². The van der Waals surface area contributed by atoms with E-state index in [1.54, 1.807) is 0 Å². The van der Waals surface area contributed by atoms with Gasteiger partial charge in [-0.25, -0.2) is 0 Å². The molecule has 2 heterocycles. The molecule has 5 heteroatoms. The van der Waals surface area contributed by atoms with Crippen molar-refractivity contribution >= 4 is 11.9 Å². The van der Waals surface area contributed by atoms with Crippen LogP contribution in [0.5, 0.6) is 0 Å². The molecule has 0 unspecified atom stereocenters. The Bertz CT molecular complexity index is 284. The molecule has 1 N–H and O–H groups in total. The number of likely N-dealkylation sites (N-methyl/N-ethyl adjacent to an activating group) is 1. The molecule has 0 saturated carbocycles. The number of hydrogen-bond acceptors (Lipinski definition) is 4. The van der Waals surface area contributed by atoms with Crippen LogP contribution in [-0.4, -0.2) is 61.4 Å². The van der Waals surface area contributed by atoms with Gasteiger partial charge in [0, 0.05) is 26.7 Å². The Morgan fingerprint density at radius 1 is 1.31 bits per heavy atom. The van der Waals surface area contributed by atoms with Gasteiger partial charge in [-0.2, -0.15) is 0 Å². The lowest BCUT2D eigenvalue weighted by Crippen LogP contribution is -2.45. The average Bonchev–Trinajstić information content (AvgIpc) is 2.73. The second kappa shape index (κ2) is 5.18. The maximum Gasteiger partial charge on any atom is 0.241 e. The minimum absolute atomic E-state index is 0.197. The molecule has 0 aromatic rings. The largest absolute Gasteiger partial charge is 0.347 e. The fourth-order valence-corrected chi connectivity index (χ4v) is 2.13. The Labute approximate surface area is 96.5 Å². The van der Waals surface area contributed by atoms with Gasteiger partial charge in [-0.1, -0.05) is 0 Å². The standard InChI is InChI=1S/C11H20N4O/c1-14-8-5-12-11(14)13-9-10(16)15-6-3-2-4-7-15/h2-9H2,1H3,(H,12,13). The predicted octanol–water partition coefficient (Wildman–Crippen LogP) is -0.110. The van der Waals surface area contributed by atoms with Crippen molar-refractivity contribution in [1.82, 2.24) is 15.1 Å². The molecule has 0 aromatic carbocycles. The molecule has 0 atom stereocenters. The van der Waals surface area contributed by atoms with Gasteiger partial charge in [0.15, 0.2) is 5.96 Å². The Balaban J connectivity index is 1.74. The van der Waals surface area contributed by atoms with Crippen molar-refractivity contribution in [2.75, 3.05) is 39.8 Å². The van der Waals surface area contributed by atoms with E-state index < -0.39 is 0 Å². The van der Waals surface area contributed by atoms with E-state index in [1.807, 2.05) is 16.8 Å². The molecule has 5 nitrogen and oxygen atoms in total. The molecule has 0 aliphatic carbocycles. The van der Waals surface area contributed by atoms with E-state index in [0.29, 0.717) is 6.54 Å². The van der Waals surface area contributed by atoms with Gasteiger partial charge in [0.05, 0.1) is 13.1 Å². The highest BCUT2D eigenvalue weighted by atomic mass is 16.2. The van der Waals surface area contributed by atoms with Gasteiger partial charge in [-0.15, -0.1) is 0 Å². The quantitative estimate of drug-likeness (QED) is 0.712. The molecular weight excluding hydrogens is 204 g/mol. The zero-order valence-corrected chi connectivity index (χ0v) is 9.91. The van der Waals surface area contributed by atoms with E-state index in [4.69, 9.17) is 0 Å². The Hall–Kier alpha value is -1.26. The summed E-state index contributed by atoms with van der Waals surface area (Å²) in [6.45, 7) is 3.99. The molecule has 0 spiro atoms. The molecule has 1 saturated heterocycles. The van der Waals surface area contributed by atoms with Crippen LogP contribution < -0.4 is 5.32 Å². The lowest BCUT2D eigenvalue weighted by molar-refractivity contribution is -0.130. The third kappa shape index (κ3) is 2.65. The second-order valence-electron chi connectivity index (χ2n) is 4.42. The van der Waals surface area contributed by atoms with Gasteiger partial charge in [0.1, 0.15) is 0 Å². The first-order valence-electron chi connectivity index (χ1n) is 6.04. The van der Waals surface area contributed by atoms with Crippen molar-refractivity contribution in [2.24, 2.45) is 4.99 Å². The summed E-state index contributed by atoms with van der Waals surface area (Å²) in [6, 6.07) is 0. The number of nitrogens with zero attached hydrogens (tertiary/aromatic N) is 3. The zero-order valence-electron chi connectivity index (χ0n) is 9.91. The van der Waals surface area contributed by atoms with E-state index in [9.17, 15) is 4.79 Å². The number of hydrogen-bond donors (Lipinski definition) is 1. The average molecular weight is 224 g/mol. The lowest BCUT2D eigenvalue weighted by Gasteiger charge is -2.27. The van der Waals surface area contributed by atoms with Gasteiger partial charge in [-0.3, -0.25) is 9.79 Å². The Kier molecular flexibility index (Phi) is 3.64. The molecule has 2 rings (SSSR count). The fraction of sp³-hybridized carbons (Fsp3) is 0.818. The molecule has 0 radical (unpaired) electrons. The Morgan fingerprint density at radius 2 is 2.06 bits per heavy atom. The fourth-order valence-electron chi connectivity index (χ4n) is 2.13. The van der Waals surface area contributed by atoms with E-state index in [2.05, 4.69) is 10.3 Å². The highest BCUT2D eigenvalue weighted by Gasteiger charge is 2.18. The van der Waals surface area contributed by atoms with Crippen LogP contribution in [0, 0.1) is 0 Å². The summed E-state index contributed by atoms with van der Waals surface area (Å²) in [5.41, 5.74) is 0. The lowest BCUT2D eigenvalue weighted by atomic mass is 10.1.